The van der Waals surface area contributed by atoms with Gasteiger partial charge < -0.3 is 0 Å². The molecule has 18 heavy (non-hydrogen) atoms. The van der Waals surface area contributed by atoms with Crippen LogP contribution in [0.4, 0.5) is 0 Å². The first-order valence-electron chi connectivity index (χ1n) is 6.74. The third-order valence-corrected chi connectivity index (χ3v) is 10.1. The van der Waals surface area contributed by atoms with E-state index < -0.39 is 0 Å². The summed E-state index contributed by atoms with van der Waals surface area (Å²) in [5.74, 6) is 0.0722. The number of carbonyl (C=O) groups excluding carboxylic acids is 1. The summed E-state index contributed by atoms with van der Waals surface area (Å²) in [6.07, 6.45) is 8.04. The molecule has 2 atom stereocenters. The van der Waals surface area contributed by atoms with Crippen molar-refractivity contribution in [2.75, 3.05) is 0 Å². The van der Waals surface area contributed by atoms with Crippen LogP contribution in [0.3, 0.4) is 0 Å². The molecule has 3 rings (SSSR count). The molecule has 2 N–H and O–H groups in total. The standard InChI is InChI=1S/C12H20I2N2O2/c1-2-3-6-11(7-4-5-8-11)18-10(17)12(14-16-12)9-13-15-9/h9,15-16H,2-8H2,1H3/q-2. The van der Waals surface area contributed by atoms with Crippen molar-refractivity contribution in [3.8, 4) is 0 Å². The maximum absolute atomic E-state index is 12.5. The van der Waals surface area contributed by atoms with Crippen molar-refractivity contribution in [3.63, 3.8) is 0 Å². The molecule has 0 spiro atoms. The van der Waals surface area contributed by atoms with Gasteiger partial charge in [-0.05, 0) is 0 Å². The minimum absolute atomic E-state index is 0.0722. The number of hydrogen-bond acceptors (Lipinski definition) is 4. The van der Waals surface area contributed by atoms with Gasteiger partial charge in [0.25, 0.3) is 0 Å². The zero-order chi connectivity index (χ0) is 12.6. The molecule has 2 aliphatic heterocycles. The van der Waals surface area contributed by atoms with Crippen molar-refractivity contribution in [1.82, 2.24) is 7.06 Å². The molecule has 0 amide bonds. The molecule has 0 aromatic rings. The monoisotopic (exact) mass is 478 g/mol. The number of rotatable bonds is 6. The zero-order valence-electron chi connectivity index (χ0n) is 10.6. The average molecular weight is 478 g/mol. The Bertz CT molecular complexity index is 337. The van der Waals surface area contributed by atoms with Gasteiger partial charge in [-0.3, -0.25) is 0 Å². The Morgan fingerprint density at radius 3 is 2.61 bits per heavy atom. The predicted molar refractivity (Wildman–Crippen MR) is 59.6 cm³/mol. The van der Waals surface area contributed by atoms with E-state index in [1.54, 1.807) is 0 Å². The fourth-order valence-electron chi connectivity index (χ4n) is 2.70. The molecule has 3 fully saturated rings. The van der Waals surface area contributed by atoms with E-state index in [-0.39, 0.29) is 58.1 Å². The Kier molecular flexibility index (Phi) is 4.09. The number of nitrogens with one attached hydrogen (secondary N) is 2. The predicted octanol–water partition coefficient (Wildman–Crippen LogP) is -4.73. The van der Waals surface area contributed by atoms with E-state index in [4.69, 9.17) is 4.74 Å². The maximum atomic E-state index is 12.5. The first-order valence-corrected chi connectivity index (χ1v) is 11.2. The molecule has 2 heterocycles. The average Bonchev–Trinajstić information content (AvgIpc) is 3.24. The molecule has 0 aromatic heterocycles. The van der Waals surface area contributed by atoms with Crippen molar-refractivity contribution < 1.29 is 52.5 Å². The van der Waals surface area contributed by atoms with Crippen molar-refractivity contribution in [1.29, 1.82) is 0 Å². The summed E-state index contributed by atoms with van der Waals surface area (Å²) in [7, 11) is 0. The Hall–Kier alpha value is 0.850. The molecule has 0 bridgehead atoms. The molecule has 4 nitrogen and oxygen atoms in total. The molecule has 6 heteroatoms. The van der Waals surface area contributed by atoms with E-state index in [1.807, 2.05) is 0 Å². The van der Waals surface area contributed by atoms with E-state index in [1.165, 1.54) is 25.7 Å². The Labute approximate surface area is 130 Å². The van der Waals surface area contributed by atoms with Gasteiger partial charge >= 0.3 is 131 Å². The van der Waals surface area contributed by atoms with Crippen LogP contribution in [0, 0.1) is 0 Å². The zero-order valence-corrected chi connectivity index (χ0v) is 14.9. The molecule has 2 saturated heterocycles. The molecule has 106 valence electrons. The first kappa shape index (κ1) is 13.8. The van der Waals surface area contributed by atoms with Gasteiger partial charge in [-0.2, -0.15) is 0 Å². The van der Waals surface area contributed by atoms with E-state index in [9.17, 15) is 4.79 Å². The number of hydrogen-bond donors (Lipinski definition) is 2. The molecular formula is C12H20I2N2O2-2. The second kappa shape index (κ2) is 5.33. The number of ether oxygens (including phenoxy) is 1. The second-order valence-corrected chi connectivity index (χ2v) is 10.6. The van der Waals surface area contributed by atoms with E-state index in [0.717, 1.165) is 19.3 Å². The number of esters is 1. The summed E-state index contributed by atoms with van der Waals surface area (Å²) in [4.78, 5) is 12.5. The van der Waals surface area contributed by atoms with E-state index >= 15 is 0 Å². The summed E-state index contributed by atoms with van der Waals surface area (Å²) in [5, 5.41) is 0. The number of carbonyl (C=O) groups is 1. The van der Waals surface area contributed by atoms with Crippen molar-refractivity contribution in [3.05, 3.63) is 0 Å². The molecule has 1 aliphatic carbocycles. The van der Waals surface area contributed by atoms with Gasteiger partial charge in [-0.15, -0.1) is 0 Å². The molecule has 2 unspecified atom stereocenters. The van der Waals surface area contributed by atoms with Gasteiger partial charge in [0.1, 0.15) is 0 Å². The molecule has 0 radical (unpaired) electrons. The summed E-state index contributed by atoms with van der Waals surface area (Å²) >= 11 is -0.0689. The van der Waals surface area contributed by atoms with E-state index in [0.29, 0.717) is 4.05 Å². The van der Waals surface area contributed by atoms with Crippen LogP contribution in [0.15, 0.2) is 0 Å². The normalized spacial score (nSPS) is 37.3. The Morgan fingerprint density at radius 1 is 1.44 bits per heavy atom. The molecule has 3 aliphatic rings. The van der Waals surface area contributed by atoms with Gasteiger partial charge in [0, 0.05) is 0 Å². The van der Waals surface area contributed by atoms with Gasteiger partial charge in [0.05, 0.1) is 0 Å². The minimum atomic E-state index is -0.214. The molecule has 1 saturated carbocycles. The Morgan fingerprint density at radius 2 is 2.11 bits per heavy atom. The van der Waals surface area contributed by atoms with Crippen LogP contribution < -0.4 is 50.0 Å². The third kappa shape index (κ3) is 2.67. The van der Waals surface area contributed by atoms with Crippen LogP contribution in [0.1, 0.15) is 51.9 Å². The van der Waals surface area contributed by atoms with Crippen molar-refractivity contribution in [2.45, 2.75) is 65.1 Å². The summed E-state index contributed by atoms with van der Waals surface area (Å²) < 4.78 is 13.0. The van der Waals surface area contributed by atoms with Crippen LogP contribution in [0.2, 0.25) is 0 Å². The Balaban J connectivity index is 1.63. The van der Waals surface area contributed by atoms with Crippen LogP contribution in [0.5, 0.6) is 0 Å². The van der Waals surface area contributed by atoms with Gasteiger partial charge in [0.2, 0.25) is 0 Å². The van der Waals surface area contributed by atoms with Gasteiger partial charge in [-0.25, -0.2) is 0 Å². The van der Waals surface area contributed by atoms with Gasteiger partial charge in [-0.1, -0.05) is 0 Å². The second-order valence-electron chi connectivity index (χ2n) is 5.36. The van der Waals surface area contributed by atoms with Crippen LogP contribution in [0.25, 0.3) is 0 Å². The first-order chi connectivity index (χ1) is 8.71. The number of alkyl halides is 2. The van der Waals surface area contributed by atoms with Crippen LogP contribution in [-0.4, -0.2) is 19.2 Å². The van der Waals surface area contributed by atoms with Crippen molar-refractivity contribution >= 4 is 5.97 Å². The van der Waals surface area contributed by atoms with Crippen LogP contribution >= 0.6 is 0 Å². The summed E-state index contributed by atoms with van der Waals surface area (Å²) in [5.41, 5.74) is -0.110. The quantitative estimate of drug-likeness (QED) is 0.101. The van der Waals surface area contributed by atoms with Crippen LogP contribution in [-0.2, 0) is 9.53 Å². The number of halogens is 2. The summed E-state index contributed by atoms with van der Waals surface area (Å²) in [6.45, 7) is 2.21. The molecule has 0 aromatic carbocycles. The third-order valence-electron chi connectivity index (χ3n) is 3.97. The van der Waals surface area contributed by atoms with Crippen molar-refractivity contribution in [2.24, 2.45) is 0 Å². The fraction of sp³-hybridized carbons (Fsp3) is 0.917. The summed E-state index contributed by atoms with van der Waals surface area (Å²) in [6, 6.07) is 0. The SMILES string of the molecule is CCCCC1(OC(=O)C2(C3N[I-]3)N[I-]2)CCCC1. The number of unbranched alkanes of at least 4 members (excludes halogenated alkanes) is 1. The van der Waals surface area contributed by atoms with Gasteiger partial charge in [0.15, 0.2) is 0 Å². The molecular weight excluding hydrogens is 458 g/mol. The van der Waals surface area contributed by atoms with E-state index in [2.05, 4.69) is 14.0 Å². The fourth-order valence-corrected chi connectivity index (χ4v) is 8.54. The topological polar surface area (TPSA) is 70.2 Å².